The zero-order chi connectivity index (χ0) is 15.4. The van der Waals surface area contributed by atoms with Crippen LogP contribution in [0.1, 0.15) is 12.0 Å². The number of nitrogens with two attached hydrogens (primary N) is 2. The van der Waals surface area contributed by atoms with Gasteiger partial charge in [0.15, 0.2) is 0 Å². The van der Waals surface area contributed by atoms with Gasteiger partial charge in [-0.3, -0.25) is 14.4 Å². The largest absolute Gasteiger partial charge is 0.373 e. The Morgan fingerprint density at radius 2 is 1.76 bits per heavy atom. The lowest BCUT2D eigenvalue weighted by Gasteiger charge is -2.30. The van der Waals surface area contributed by atoms with Crippen LogP contribution in [-0.2, 0) is 20.8 Å². The van der Waals surface area contributed by atoms with E-state index in [-0.39, 0.29) is 19.0 Å². The summed E-state index contributed by atoms with van der Waals surface area (Å²) in [6.07, 6.45) is 1.34. The first-order valence-corrected chi connectivity index (χ1v) is 6.67. The van der Waals surface area contributed by atoms with Crippen molar-refractivity contribution in [2.24, 2.45) is 11.5 Å². The summed E-state index contributed by atoms with van der Waals surface area (Å²) in [5, 5.41) is 3.13. The number of amides is 3. The number of rotatable bonds is 5. The molecule has 0 fully saturated rings. The summed E-state index contributed by atoms with van der Waals surface area (Å²) in [4.78, 5) is 35.6. The van der Waals surface area contributed by atoms with Gasteiger partial charge < -0.3 is 21.7 Å². The predicted molar refractivity (Wildman–Crippen MR) is 77.1 cm³/mol. The lowest BCUT2D eigenvalue weighted by molar-refractivity contribution is -0.138. The van der Waals surface area contributed by atoms with Gasteiger partial charge in [-0.1, -0.05) is 18.2 Å². The molecule has 1 aliphatic heterocycles. The molecule has 1 aliphatic rings. The maximum absolute atomic E-state index is 12.4. The molecule has 0 aromatic heterocycles. The molecule has 0 radical (unpaired) electrons. The molecule has 112 valence electrons. The zero-order valence-electron chi connectivity index (χ0n) is 11.5. The van der Waals surface area contributed by atoms with Gasteiger partial charge in [0.25, 0.3) is 0 Å². The van der Waals surface area contributed by atoms with Crippen LogP contribution in [0.5, 0.6) is 0 Å². The van der Waals surface area contributed by atoms with Crippen molar-refractivity contribution in [3.05, 3.63) is 29.8 Å². The highest BCUT2D eigenvalue weighted by atomic mass is 16.2. The van der Waals surface area contributed by atoms with Gasteiger partial charge in [0.2, 0.25) is 17.7 Å². The monoisotopic (exact) mass is 290 g/mol. The van der Waals surface area contributed by atoms with Crippen molar-refractivity contribution in [2.45, 2.75) is 18.9 Å². The molecule has 3 amide bonds. The number of benzene rings is 1. The smallest absolute Gasteiger partial charge is 0.246 e. The number of anilines is 1. The summed E-state index contributed by atoms with van der Waals surface area (Å²) in [5.41, 5.74) is 12.2. The van der Waals surface area contributed by atoms with Crippen molar-refractivity contribution in [1.29, 1.82) is 0 Å². The molecular formula is C14H18N4O3. The molecule has 0 aliphatic carbocycles. The van der Waals surface area contributed by atoms with E-state index in [0.717, 1.165) is 22.6 Å². The second kappa shape index (κ2) is 6.25. The first-order valence-electron chi connectivity index (χ1n) is 6.67. The second-order valence-corrected chi connectivity index (χ2v) is 5.02. The number of carbonyl (C=O) groups excluding carboxylic acids is 3. The van der Waals surface area contributed by atoms with Crippen molar-refractivity contribution in [3.63, 3.8) is 0 Å². The Bertz CT molecular complexity index is 557. The van der Waals surface area contributed by atoms with Crippen molar-refractivity contribution >= 4 is 23.4 Å². The first-order chi connectivity index (χ1) is 9.97. The molecule has 0 bridgehead atoms. The standard InChI is InChI=1S/C14H18N4O3/c15-12(19)7-18(8-13(16)20)14(21)11-6-5-9-3-1-2-4-10(9)17-11/h1-4,11,17H,5-8H2,(H2,15,19)(H2,16,20). The second-order valence-electron chi connectivity index (χ2n) is 5.02. The summed E-state index contributed by atoms with van der Waals surface area (Å²) in [6, 6.07) is 7.21. The molecule has 1 heterocycles. The third-order valence-corrected chi connectivity index (χ3v) is 3.35. The normalized spacial score (nSPS) is 16.5. The van der Waals surface area contributed by atoms with Crippen LogP contribution in [0.2, 0.25) is 0 Å². The van der Waals surface area contributed by atoms with Crippen LogP contribution in [0.4, 0.5) is 5.69 Å². The molecule has 5 N–H and O–H groups in total. The minimum atomic E-state index is -0.680. The summed E-state index contributed by atoms with van der Waals surface area (Å²) in [7, 11) is 0. The lowest BCUT2D eigenvalue weighted by atomic mass is 9.97. The molecule has 0 spiro atoms. The highest BCUT2D eigenvalue weighted by molar-refractivity contribution is 5.92. The summed E-state index contributed by atoms with van der Waals surface area (Å²) >= 11 is 0. The number of nitrogens with one attached hydrogen (secondary N) is 1. The fourth-order valence-corrected chi connectivity index (χ4v) is 2.43. The van der Waals surface area contributed by atoms with Gasteiger partial charge in [0.1, 0.15) is 6.04 Å². The summed E-state index contributed by atoms with van der Waals surface area (Å²) in [5.74, 6) is -1.70. The van der Waals surface area contributed by atoms with Crippen molar-refractivity contribution in [3.8, 4) is 0 Å². The van der Waals surface area contributed by atoms with E-state index in [1.165, 1.54) is 0 Å². The molecule has 0 saturated heterocycles. The molecule has 7 heteroatoms. The third-order valence-electron chi connectivity index (χ3n) is 3.35. The Balaban J connectivity index is 2.11. The molecule has 1 aromatic carbocycles. The quantitative estimate of drug-likeness (QED) is 0.658. The van der Waals surface area contributed by atoms with Crippen LogP contribution < -0.4 is 16.8 Å². The number of hydrogen-bond acceptors (Lipinski definition) is 4. The van der Waals surface area contributed by atoms with Crippen LogP contribution in [0.25, 0.3) is 0 Å². The molecule has 2 rings (SSSR count). The Morgan fingerprint density at radius 1 is 1.14 bits per heavy atom. The Kier molecular flexibility index (Phi) is 4.42. The van der Waals surface area contributed by atoms with Crippen LogP contribution in [0.3, 0.4) is 0 Å². The number of para-hydroxylation sites is 1. The van der Waals surface area contributed by atoms with E-state index in [2.05, 4.69) is 5.32 Å². The summed E-state index contributed by atoms with van der Waals surface area (Å²) in [6.45, 7) is -0.636. The number of hydrogen-bond donors (Lipinski definition) is 3. The van der Waals surface area contributed by atoms with Crippen molar-refractivity contribution in [2.75, 3.05) is 18.4 Å². The number of carbonyl (C=O) groups is 3. The lowest BCUT2D eigenvalue weighted by Crippen LogP contribution is -2.50. The van der Waals surface area contributed by atoms with E-state index in [9.17, 15) is 14.4 Å². The summed E-state index contributed by atoms with van der Waals surface area (Å²) < 4.78 is 0. The minimum absolute atomic E-state index is 0.318. The fraction of sp³-hybridized carbons (Fsp3) is 0.357. The molecular weight excluding hydrogens is 272 g/mol. The van der Waals surface area contributed by atoms with E-state index in [1.54, 1.807) is 0 Å². The van der Waals surface area contributed by atoms with Gasteiger partial charge in [-0.2, -0.15) is 0 Å². The molecule has 21 heavy (non-hydrogen) atoms. The number of aryl methyl sites for hydroxylation is 1. The predicted octanol–water partition coefficient (Wildman–Crippen LogP) is -0.787. The Morgan fingerprint density at radius 3 is 2.38 bits per heavy atom. The van der Waals surface area contributed by atoms with E-state index in [4.69, 9.17) is 11.5 Å². The molecule has 1 unspecified atom stereocenters. The number of fused-ring (bicyclic) bond motifs is 1. The molecule has 0 saturated carbocycles. The van der Waals surface area contributed by atoms with Gasteiger partial charge in [-0.25, -0.2) is 0 Å². The highest BCUT2D eigenvalue weighted by Gasteiger charge is 2.29. The number of primary amides is 2. The highest BCUT2D eigenvalue weighted by Crippen LogP contribution is 2.25. The SMILES string of the molecule is NC(=O)CN(CC(N)=O)C(=O)C1CCc2ccccc2N1. The molecule has 1 atom stereocenters. The zero-order valence-corrected chi connectivity index (χ0v) is 11.5. The van der Waals surface area contributed by atoms with Gasteiger partial charge in [-0.05, 0) is 24.5 Å². The Labute approximate surface area is 122 Å². The van der Waals surface area contributed by atoms with Gasteiger partial charge in [-0.15, -0.1) is 0 Å². The average molecular weight is 290 g/mol. The Hall–Kier alpha value is -2.57. The van der Waals surface area contributed by atoms with Gasteiger partial charge >= 0.3 is 0 Å². The topological polar surface area (TPSA) is 119 Å². The minimum Gasteiger partial charge on any atom is -0.373 e. The van der Waals surface area contributed by atoms with Crippen LogP contribution in [-0.4, -0.2) is 41.8 Å². The van der Waals surface area contributed by atoms with Crippen molar-refractivity contribution in [1.82, 2.24) is 4.90 Å². The first kappa shape index (κ1) is 14.8. The van der Waals surface area contributed by atoms with Gasteiger partial charge in [0.05, 0.1) is 13.1 Å². The van der Waals surface area contributed by atoms with Crippen molar-refractivity contribution < 1.29 is 14.4 Å². The maximum atomic E-state index is 12.4. The molecule has 1 aromatic rings. The van der Waals surface area contributed by atoms with Crippen LogP contribution in [0, 0.1) is 0 Å². The van der Waals surface area contributed by atoms with E-state index < -0.39 is 17.9 Å². The average Bonchev–Trinajstić information content (AvgIpc) is 2.44. The number of nitrogens with zero attached hydrogens (tertiary/aromatic N) is 1. The maximum Gasteiger partial charge on any atom is 0.246 e. The van der Waals surface area contributed by atoms with Crippen LogP contribution in [0.15, 0.2) is 24.3 Å². The van der Waals surface area contributed by atoms with Gasteiger partial charge in [0, 0.05) is 5.69 Å². The fourth-order valence-electron chi connectivity index (χ4n) is 2.43. The molecule has 7 nitrogen and oxygen atoms in total. The van der Waals surface area contributed by atoms with E-state index in [0.29, 0.717) is 6.42 Å². The van der Waals surface area contributed by atoms with E-state index >= 15 is 0 Å². The third kappa shape index (κ3) is 3.71. The van der Waals surface area contributed by atoms with E-state index in [1.807, 2.05) is 24.3 Å². The van der Waals surface area contributed by atoms with Crippen LogP contribution >= 0.6 is 0 Å².